The van der Waals surface area contributed by atoms with E-state index >= 15 is 0 Å². The summed E-state index contributed by atoms with van der Waals surface area (Å²) in [4.78, 5) is 0. The summed E-state index contributed by atoms with van der Waals surface area (Å²) in [5.74, 6) is 0.972. The molecule has 0 saturated heterocycles. The van der Waals surface area contributed by atoms with Crippen LogP contribution in [0.2, 0.25) is 6.04 Å². The van der Waals surface area contributed by atoms with Gasteiger partial charge >= 0.3 is 0 Å². The van der Waals surface area contributed by atoms with Crippen molar-refractivity contribution in [2.24, 2.45) is 0 Å². The third-order valence-corrected chi connectivity index (χ3v) is 3.16. The number of methoxy groups -OCH3 is 1. The van der Waals surface area contributed by atoms with Crippen molar-refractivity contribution >= 4 is 22.4 Å². The van der Waals surface area contributed by atoms with Crippen LogP contribution in [0.25, 0.3) is 0 Å². The lowest BCUT2D eigenvalue weighted by atomic mass is 10.5. The highest BCUT2D eigenvalue weighted by atomic mass is 32.1. The van der Waals surface area contributed by atoms with Crippen LogP contribution < -0.4 is 0 Å². The van der Waals surface area contributed by atoms with Crippen LogP contribution in [0.4, 0.5) is 0 Å². The molecule has 1 atom stereocenters. The molecule has 0 aliphatic rings. The second kappa shape index (κ2) is 8.58. The van der Waals surface area contributed by atoms with Gasteiger partial charge in [-0.15, -0.1) is 0 Å². The summed E-state index contributed by atoms with van der Waals surface area (Å²) >= 11 is 4.13. The number of hydrogen-bond acceptors (Lipinski definition) is 3. The summed E-state index contributed by atoms with van der Waals surface area (Å²) < 4.78 is 10.6. The Morgan fingerprint density at radius 3 is 2.73 bits per heavy atom. The summed E-state index contributed by atoms with van der Waals surface area (Å²) in [6.45, 7) is 2.07. The predicted molar refractivity (Wildman–Crippen MR) is 54.0 cm³/mol. The van der Waals surface area contributed by atoms with Gasteiger partial charge in [0, 0.05) is 7.11 Å². The maximum atomic E-state index is 5.53. The van der Waals surface area contributed by atoms with Gasteiger partial charge < -0.3 is 9.16 Å². The second-order valence-corrected chi connectivity index (χ2v) is 4.27. The molecule has 2 nitrogen and oxygen atoms in total. The molecule has 0 aromatic carbocycles. The highest BCUT2D eigenvalue weighted by molar-refractivity contribution is 7.80. The highest BCUT2D eigenvalue weighted by Crippen LogP contribution is 1.99. The van der Waals surface area contributed by atoms with Crippen molar-refractivity contribution in [3.8, 4) is 0 Å². The Morgan fingerprint density at radius 1 is 1.55 bits per heavy atom. The first-order valence-electron chi connectivity index (χ1n) is 4.10. The maximum Gasteiger partial charge on any atom is 0.165 e. The molecule has 4 heteroatoms. The first-order valence-corrected chi connectivity index (χ1v) is 6.31. The van der Waals surface area contributed by atoms with Crippen LogP contribution in [0.15, 0.2) is 0 Å². The van der Waals surface area contributed by atoms with Crippen LogP contribution in [-0.2, 0) is 9.16 Å². The standard InChI is InChI=1S/C7H18O2SSi/c1-3-7(8-2)9-11-6-4-5-10/h7,10H,3-6,11H2,1-2H3. The zero-order valence-electron chi connectivity index (χ0n) is 7.38. The van der Waals surface area contributed by atoms with Crippen molar-refractivity contribution < 1.29 is 9.16 Å². The van der Waals surface area contributed by atoms with E-state index in [1.165, 1.54) is 12.5 Å². The summed E-state index contributed by atoms with van der Waals surface area (Å²) in [6, 6.07) is 1.21. The molecule has 0 aliphatic heterocycles. The Balaban J connectivity index is 3.07. The number of rotatable bonds is 7. The van der Waals surface area contributed by atoms with Gasteiger partial charge in [-0.25, -0.2) is 0 Å². The lowest BCUT2D eigenvalue weighted by Crippen LogP contribution is -2.16. The van der Waals surface area contributed by atoms with Gasteiger partial charge in [-0.05, 0) is 24.6 Å². The van der Waals surface area contributed by atoms with Crippen LogP contribution in [0.3, 0.4) is 0 Å². The van der Waals surface area contributed by atoms with Crippen molar-refractivity contribution in [1.82, 2.24) is 0 Å². The van der Waals surface area contributed by atoms with E-state index in [0.717, 1.165) is 12.2 Å². The number of ether oxygens (including phenoxy) is 1. The minimum Gasteiger partial charge on any atom is -0.400 e. The molecule has 0 rings (SSSR count). The molecule has 0 heterocycles. The molecule has 0 fully saturated rings. The second-order valence-electron chi connectivity index (χ2n) is 2.38. The van der Waals surface area contributed by atoms with E-state index in [0.29, 0.717) is 0 Å². The monoisotopic (exact) mass is 194 g/mol. The van der Waals surface area contributed by atoms with Gasteiger partial charge in [0.25, 0.3) is 0 Å². The summed E-state index contributed by atoms with van der Waals surface area (Å²) in [5, 5.41) is 0. The van der Waals surface area contributed by atoms with Crippen LogP contribution in [0.1, 0.15) is 19.8 Å². The van der Waals surface area contributed by atoms with Gasteiger partial charge in [0.05, 0.1) is 0 Å². The average molecular weight is 194 g/mol. The lowest BCUT2D eigenvalue weighted by Gasteiger charge is -2.13. The molecule has 68 valence electrons. The SMILES string of the molecule is CCC(OC)O[SiH2]CCCS. The molecule has 0 N–H and O–H groups in total. The van der Waals surface area contributed by atoms with Gasteiger partial charge in [0.2, 0.25) is 0 Å². The average Bonchev–Trinajstić information content (AvgIpc) is 2.05. The van der Waals surface area contributed by atoms with Gasteiger partial charge in [0.1, 0.15) is 6.29 Å². The van der Waals surface area contributed by atoms with E-state index in [9.17, 15) is 0 Å². The molecular weight excluding hydrogens is 176 g/mol. The first-order chi connectivity index (χ1) is 5.35. The fraction of sp³-hybridized carbons (Fsp3) is 1.00. The van der Waals surface area contributed by atoms with E-state index < -0.39 is 0 Å². The van der Waals surface area contributed by atoms with Crippen molar-refractivity contribution in [2.45, 2.75) is 32.1 Å². The number of hydrogen-bond donors (Lipinski definition) is 1. The zero-order valence-corrected chi connectivity index (χ0v) is 9.69. The first kappa shape index (κ1) is 11.5. The van der Waals surface area contributed by atoms with E-state index in [-0.39, 0.29) is 16.1 Å². The topological polar surface area (TPSA) is 18.5 Å². The van der Waals surface area contributed by atoms with E-state index in [4.69, 9.17) is 9.16 Å². The van der Waals surface area contributed by atoms with Crippen molar-refractivity contribution in [2.75, 3.05) is 12.9 Å². The summed E-state index contributed by atoms with van der Waals surface area (Å²) in [6.07, 6.45) is 2.17. The maximum absolute atomic E-state index is 5.53. The quantitative estimate of drug-likeness (QED) is 0.284. The third-order valence-electron chi connectivity index (χ3n) is 1.45. The Bertz CT molecular complexity index is 78.8. The fourth-order valence-electron chi connectivity index (χ4n) is 0.781. The van der Waals surface area contributed by atoms with Crippen LogP contribution in [0, 0.1) is 0 Å². The Morgan fingerprint density at radius 2 is 2.27 bits per heavy atom. The predicted octanol–water partition coefficient (Wildman–Crippen LogP) is 1.21. The normalized spacial score (nSPS) is 14.5. The van der Waals surface area contributed by atoms with E-state index in [2.05, 4.69) is 19.6 Å². The zero-order chi connectivity index (χ0) is 8.53. The van der Waals surface area contributed by atoms with Gasteiger partial charge in [-0.1, -0.05) is 6.92 Å². The van der Waals surface area contributed by atoms with E-state index in [1.54, 1.807) is 7.11 Å². The minimum absolute atomic E-state index is 0.0431. The summed E-state index contributed by atoms with van der Waals surface area (Å²) in [5.41, 5.74) is 0. The Kier molecular flexibility index (Phi) is 8.96. The van der Waals surface area contributed by atoms with Gasteiger partial charge in [-0.3, -0.25) is 0 Å². The van der Waals surface area contributed by atoms with Crippen LogP contribution in [0.5, 0.6) is 0 Å². The molecule has 0 saturated carbocycles. The highest BCUT2D eigenvalue weighted by Gasteiger charge is 2.01. The molecule has 1 unspecified atom stereocenters. The molecule has 0 bridgehead atoms. The molecule has 0 aromatic rings. The lowest BCUT2D eigenvalue weighted by molar-refractivity contribution is -0.0539. The minimum atomic E-state index is -0.343. The molecule has 0 amide bonds. The van der Waals surface area contributed by atoms with Gasteiger partial charge in [-0.2, -0.15) is 12.6 Å². The number of thiol groups is 1. The van der Waals surface area contributed by atoms with Crippen molar-refractivity contribution in [3.05, 3.63) is 0 Å². The molecular formula is C7H18O2SSi. The summed E-state index contributed by atoms with van der Waals surface area (Å²) in [7, 11) is 1.35. The molecule has 0 aromatic heterocycles. The molecule has 11 heavy (non-hydrogen) atoms. The van der Waals surface area contributed by atoms with E-state index in [1.807, 2.05) is 0 Å². The molecule has 0 radical (unpaired) electrons. The van der Waals surface area contributed by atoms with Crippen LogP contribution in [-0.4, -0.2) is 28.9 Å². The Hall–Kier alpha value is 0.487. The largest absolute Gasteiger partial charge is 0.400 e. The third kappa shape index (κ3) is 6.87. The van der Waals surface area contributed by atoms with Crippen molar-refractivity contribution in [1.29, 1.82) is 0 Å². The molecule has 0 aliphatic carbocycles. The fourth-order valence-corrected chi connectivity index (χ4v) is 2.68. The van der Waals surface area contributed by atoms with Crippen LogP contribution >= 0.6 is 12.6 Å². The molecule has 0 spiro atoms. The van der Waals surface area contributed by atoms with Crippen molar-refractivity contribution in [3.63, 3.8) is 0 Å². The van der Waals surface area contributed by atoms with Gasteiger partial charge in [0.15, 0.2) is 9.76 Å². The smallest absolute Gasteiger partial charge is 0.165 e. The Labute approximate surface area is 77.0 Å².